The maximum atomic E-state index is 4.89. The third kappa shape index (κ3) is 21.2. The van der Waals surface area contributed by atoms with Gasteiger partial charge in [-0.2, -0.15) is 0 Å². The van der Waals surface area contributed by atoms with Gasteiger partial charge in [0.1, 0.15) is 0 Å². The maximum Gasteiger partial charge on any atom is 4.00 e. The smallest absolute Gasteiger partial charge is 1.00 e. The first kappa shape index (κ1) is 38.8. The molecule has 0 aliphatic carbocycles. The van der Waals surface area contributed by atoms with Crippen molar-refractivity contribution < 1.29 is 21.7 Å². The molecule has 0 aliphatic rings. The quantitative estimate of drug-likeness (QED) is 0.104. The summed E-state index contributed by atoms with van der Waals surface area (Å²) in [5, 5.41) is 0. The van der Waals surface area contributed by atoms with Gasteiger partial charge in [0.2, 0.25) is 0 Å². The number of hydrogen-bond donors (Lipinski definition) is 0. The van der Waals surface area contributed by atoms with E-state index in [1.807, 2.05) is 12.1 Å². The Kier molecular flexibility index (Phi) is 18.2. The Morgan fingerprint density at radius 1 is 0.514 bits per heavy atom. The van der Waals surface area contributed by atoms with Crippen LogP contribution >= 0.6 is 0 Å². The maximum absolute atomic E-state index is 4.89. The summed E-state index contributed by atoms with van der Waals surface area (Å²) in [5.74, 6) is 1.92. The van der Waals surface area contributed by atoms with Crippen molar-refractivity contribution in [3.05, 3.63) is 81.8 Å². The predicted molar refractivity (Wildman–Crippen MR) is 181 cm³/mol. The second-order valence-electron chi connectivity index (χ2n) is 12.5. The molecule has 37 heavy (non-hydrogen) atoms. The van der Waals surface area contributed by atoms with E-state index in [1.165, 1.54) is 0 Å². The van der Waals surface area contributed by atoms with Gasteiger partial charge in [-0.1, -0.05) is 151 Å². The number of benzene rings is 2. The topological polar surface area (TPSA) is 52.9 Å². The SMILES string of the molecule is C[Si](C)(C)/N=C(/[N-][Si](C)(C)C)c1ccccc1.C[Si](C)(C)/N=C(/[N-][Si](C)(C)C)c1ccccc1.[S-][S-].[Ti+4]. The first-order valence-electron chi connectivity index (χ1n) is 12.3. The Morgan fingerprint density at radius 3 is 0.946 bits per heavy atom. The fraction of sp³-hybridized carbons (Fsp3) is 0.462. The van der Waals surface area contributed by atoms with E-state index < -0.39 is 32.9 Å². The fourth-order valence-electron chi connectivity index (χ4n) is 2.75. The van der Waals surface area contributed by atoms with Crippen LogP contribution in [-0.4, -0.2) is 44.6 Å². The standard InChI is InChI=1S/2C13H23N2Si2.S2.Ti/c2*1-16(2,3)14-13(15-17(4,5)6)12-10-8-7-9-11-12;1-2;/h2*7-11H,1-6H3;;/q2*-1;-2;+4. The first-order chi connectivity index (χ1) is 16.3. The van der Waals surface area contributed by atoms with Gasteiger partial charge in [-0.15, -0.1) is 0 Å². The second kappa shape index (κ2) is 17.4. The molecule has 0 unspecified atom stereocenters. The van der Waals surface area contributed by atoms with E-state index in [0.717, 1.165) is 22.8 Å². The monoisotopic (exact) mass is 638 g/mol. The van der Waals surface area contributed by atoms with E-state index in [1.54, 1.807) is 0 Å². The summed E-state index contributed by atoms with van der Waals surface area (Å²) in [6.07, 6.45) is 0. The van der Waals surface area contributed by atoms with Gasteiger partial charge in [0.25, 0.3) is 0 Å². The van der Waals surface area contributed by atoms with Crippen molar-refractivity contribution in [1.29, 1.82) is 0 Å². The molecule has 0 saturated heterocycles. The van der Waals surface area contributed by atoms with Crippen LogP contribution in [0.4, 0.5) is 0 Å². The Morgan fingerprint density at radius 2 is 0.757 bits per heavy atom. The third-order valence-electron chi connectivity index (χ3n) is 3.83. The van der Waals surface area contributed by atoms with Gasteiger partial charge in [0.15, 0.2) is 0 Å². The minimum Gasteiger partial charge on any atom is -1.00 e. The summed E-state index contributed by atoms with van der Waals surface area (Å²) >= 11 is 7.33. The van der Waals surface area contributed by atoms with Crippen LogP contribution in [0, 0.1) is 0 Å². The molecule has 0 heterocycles. The molecule has 2 aromatic rings. The zero-order valence-electron chi connectivity index (χ0n) is 24.9. The van der Waals surface area contributed by atoms with Crippen LogP contribution in [0.5, 0.6) is 0 Å². The zero-order valence-corrected chi connectivity index (χ0v) is 32.1. The largest absolute Gasteiger partial charge is 4.00 e. The van der Waals surface area contributed by atoms with Crippen LogP contribution in [0.15, 0.2) is 70.0 Å². The second-order valence-corrected chi connectivity index (χ2v) is 30.8. The molecule has 2 aromatic carbocycles. The Bertz CT molecular complexity index is 870. The van der Waals surface area contributed by atoms with E-state index in [-0.39, 0.29) is 21.7 Å². The molecule has 2 rings (SSSR count). The summed E-state index contributed by atoms with van der Waals surface area (Å²) in [6.45, 7) is 26.9. The van der Waals surface area contributed by atoms with Crippen LogP contribution in [0.2, 0.25) is 78.6 Å². The normalized spacial score (nSPS) is 12.7. The van der Waals surface area contributed by atoms with Gasteiger partial charge in [-0.3, -0.25) is 0 Å². The molecule has 0 atom stereocenters. The van der Waals surface area contributed by atoms with Crippen LogP contribution in [0.25, 0.3) is 9.96 Å². The molecule has 0 fully saturated rings. The molecule has 0 radical (unpaired) electrons. The molecule has 0 aliphatic heterocycles. The molecule has 0 amide bonds. The van der Waals surface area contributed by atoms with Crippen LogP contribution in [0.1, 0.15) is 11.1 Å². The Hall–Kier alpha value is -0.338. The molecule has 4 nitrogen and oxygen atoms in total. The van der Waals surface area contributed by atoms with E-state index in [2.05, 4.69) is 150 Å². The minimum atomic E-state index is -1.49. The predicted octanol–water partition coefficient (Wildman–Crippen LogP) is 8.95. The Labute approximate surface area is 257 Å². The van der Waals surface area contributed by atoms with Gasteiger partial charge in [-0.25, -0.2) is 0 Å². The van der Waals surface area contributed by atoms with Crippen LogP contribution in [-0.2, 0) is 45.0 Å². The minimum absolute atomic E-state index is 0. The molecule has 0 N–H and O–H groups in total. The average Bonchev–Trinajstić information content (AvgIpc) is 2.72. The van der Waals surface area contributed by atoms with Crippen molar-refractivity contribution in [3.63, 3.8) is 0 Å². The van der Waals surface area contributed by atoms with Gasteiger partial charge < -0.3 is 42.6 Å². The molecule has 0 spiro atoms. The Balaban J connectivity index is 0. The van der Waals surface area contributed by atoms with E-state index in [0.29, 0.717) is 0 Å². The molecular weight excluding hydrogens is 593 g/mol. The summed E-state index contributed by atoms with van der Waals surface area (Å²) in [7, 11) is -5.95. The summed E-state index contributed by atoms with van der Waals surface area (Å²) in [5.41, 5.74) is 2.30. The molecule has 202 valence electrons. The summed E-state index contributed by atoms with van der Waals surface area (Å²) in [4.78, 5) is 9.78. The van der Waals surface area contributed by atoms with Crippen molar-refractivity contribution in [1.82, 2.24) is 0 Å². The number of amidine groups is 2. The van der Waals surface area contributed by atoms with Gasteiger partial charge in [-0.05, 0) is 11.1 Å². The van der Waals surface area contributed by atoms with Gasteiger partial charge in [0.05, 0.1) is 0 Å². The molecule has 11 heteroatoms. The fourth-order valence-corrected chi connectivity index (χ4v) is 6.21. The molecule has 0 aromatic heterocycles. The summed E-state index contributed by atoms with van der Waals surface area (Å²) < 4.78 is 9.78. The van der Waals surface area contributed by atoms with Crippen molar-refractivity contribution in [2.75, 3.05) is 0 Å². The van der Waals surface area contributed by atoms with E-state index >= 15 is 0 Å². The van der Waals surface area contributed by atoms with E-state index in [4.69, 9.17) is 19.3 Å². The average molecular weight is 639 g/mol. The number of hydrogen-bond acceptors (Lipinski definition) is 4. The van der Waals surface area contributed by atoms with Crippen molar-refractivity contribution in [2.24, 2.45) is 9.32 Å². The summed E-state index contributed by atoms with van der Waals surface area (Å²) in [6, 6.07) is 20.7. The van der Waals surface area contributed by atoms with E-state index in [9.17, 15) is 0 Å². The third-order valence-corrected chi connectivity index (χ3v) is 7.36. The first-order valence-corrected chi connectivity index (χ1v) is 27.4. The van der Waals surface area contributed by atoms with Gasteiger partial charge in [0, 0.05) is 32.9 Å². The van der Waals surface area contributed by atoms with Crippen molar-refractivity contribution in [3.8, 4) is 0 Å². The van der Waals surface area contributed by atoms with Gasteiger partial charge >= 0.3 is 21.7 Å². The zero-order chi connectivity index (χ0) is 28.2. The van der Waals surface area contributed by atoms with Crippen molar-refractivity contribution in [2.45, 2.75) is 78.6 Å². The van der Waals surface area contributed by atoms with Crippen LogP contribution in [0.3, 0.4) is 0 Å². The van der Waals surface area contributed by atoms with Crippen LogP contribution < -0.4 is 0 Å². The molecular formula is C26H46N4S2Si4Ti. The number of rotatable bonds is 6. The molecule has 0 bridgehead atoms. The number of nitrogens with zero attached hydrogens (tertiary/aromatic N) is 4. The van der Waals surface area contributed by atoms with Crippen molar-refractivity contribution >= 4 is 67.9 Å². The molecule has 0 saturated carbocycles.